The van der Waals surface area contributed by atoms with Crippen LogP contribution in [-0.4, -0.2) is 36.7 Å². The van der Waals surface area contributed by atoms with Gasteiger partial charge in [0.2, 0.25) is 0 Å². The number of nitrogens with zero attached hydrogens (tertiary/aromatic N) is 2. The summed E-state index contributed by atoms with van der Waals surface area (Å²) in [6.07, 6.45) is -0.526. The fourth-order valence-electron chi connectivity index (χ4n) is 1.84. The van der Waals surface area contributed by atoms with Gasteiger partial charge in [-0.3, -0.25) is 0 Å². The molecule has 1 fully saturated rings. The summed E-state index contributed by atoms with van der Waals surface area (Å²) in [5.74, 6) is 0. The second-order valence-corrected chi connectivity index (χ2v) is 4.23. The molecule has 1 atom stereocenters. The molecule has 0 saturated carbocycles. The number of hydrogen-bond donors (Lipinski definition) is 1. The predicted molar refractivity (Wildman–Crippen MR) is 67.1 cm³/mol. The zero-order valence-electron chi connectivity index (χ0n) is 10.2. The summed E-state index contributed by atoms with van der Waals surface area (Å²) in [4.78, 5) is 13.6. The molecule has 0 spiro atoms. The number of nitrogens with one attached hydrogen (secondary N) is 1. The number of amides is 2. The smallest absolute Gasteiger partial charge is 0.322 e. The number of aryl methyl sites for hydroxylation is 1. The molecule has 1 aliphatic heterocycles. The third-order valence-electron chi connectivity index (χ3n) is 2.77. The summed E-state index contributed by atoms with van der Waals surface area (Å²) < 4.78 is 5.19. The number of urea groups is 1. The monoisotopic (exact) mass is 245 g/mol. The summed E-state index contributed by atoms with van der Waals surface area (Å²) >= 11 is 0. The number of benzene rings is 1. The van der Waals surface area contributed by atoms with Crippen LogP contribution in [0.4, 0.5) is 10.5 Å². The van der Waals surface area contributed by atoms with E-state index in [0.717, 1.165) is 11.3 Å². The predicted octanol–water partition coefficient (Wildman–Crippen LogP) is 1.75. The summed E-state index contributed by atoms with van der Waals surface area (Å²) in [6.45, 7) is 3.19. The molecule has 1 N–H and O–H groups in total. The van der Waals surface area contributed by atoms with E-state index in [4.69, 9.17) is 10.00 Å². The molecular weight excluding hydrogens is 230 g/mol. The molecule has 1 aliphatic rings. The first kappa shape index (κ1) is 12.4. The van der Waals surface area contributed by atoms with Gasteiger partial charge in [-0.25, -0.2) is 4.79 Å². The molecule has 1 saturated heterocycles. The van der Waals surface area contributed by atoms with E-state index in [1.807, 2.05) is 37.3 Å². The minimum atomic E-state index is -0.526. The maximum atomic E-state index is 12.0. The van der Waals surface area contributed by atoms with Crippen LogP contribution in [0.15, 0.2) is 24.3 Å². The zero-order valence-corrected chi connectivity index (χ0v) is 10.2. The second-order valence-electron chi connectivity index (χ2n) is 4.23. The summed E-state index contributed by atoms with van der Waals surface area (Å²) in [6, 6.07) is 9.43. The van der Waals surface area contributed by atoms with E-state index in [9.17, 15) is 4.79 Å². The van der Waals surface area contributed by atoms with Gasteiger partial charge in [-0.1, -0.05) is 12.1 Å². The van der Waals surface area contributed by atoms with Gasteiger partial charge in [0.1, 0.15) is 0 Å². The summed E-state index contributed by atoms with van der Waals surface area (Å²) in [5.41, 5.74) is 1.85. The Kier molecular flexibility index (Phi) is 3.80. The molecule has 2 amide bonds. The number of carbonyl (C=O) groups is 1. The molecule has 1 heterocycles. The molecule has 5 heteroatoms. The molecule has 2 rings (SSSR count). The Hall–Kier alpha value is -2.06. The van der Waals surface area contributed by atoms with Crippen molar-refractivity contribution in [2.75, 3.05) is 25.0 Å². The molecule has 94 valence electrons. The fraction of sp³-hybridized carbons (Fsp3) is 0.385. The molecule has 0 bridgehead atoms. The van der Waals surface area contributed by atoms with Crippen molar-refractivity contribution >= 4 is 11.7 Å². The normalized spacial score (nSPS) is 19.1. The number of ether oxygens (including phenoxy) is 1. The molecule has 0 aromatic heterocycles. The van der Waals surface area contributed by atoms with Gasteiger partial charge in [0, 0.05) is 12.2 Å². The maximum absolute atomic E-state index is 12.0. The molecule has 1 unspecified atom stereocenters. The van der Waals surface area contributed by atoms with Crippen LogP contribution in [0.3, 0.4) is 0 Å². The van der Waals surface area contributed by atoms with Crippen LogP contribution < -0.4 is 5.32 Å². The van der Waals surface area contributed by atoms with Gasteiger partial charge < -0.3 is 15.0 Å². The largest absolute Gasteiger partial charge is 0.360 e. The quantitative estimate of drug-likeness (QED) is 0.819. The van der Waals surface area contributed by atoms with Crippen molar-refractivity contribution in [3.8, 4) is 6.07 Å². The van der Waals surface area contributed by atoms with Crippen LogP contribution in [-0.2, 0) is 4.74 Å². The van der Waals surface area contributed by atoms with Gasteiger partial charge in [-0.15, -0.1) is 0 Å². The number of carbonyl (C=O) groups excluding carboxylic acids is 1. The van der Waals surface area contributed by atoms with Crippen molar-refractivity contribution in [2.24, 2.45) is 0 Å². The lowest BCUT2D eigenvalue weighted by molar-refractivity contribution is 0.0181. The molecule has 5 nitrogen and oxygen atoms in total. The van der Waals surface area contributed by atoms with Crippen LogP contribution >= 0.6 is 0 Å². The first-order valence-electron chi connectivity index (χ1n) is 5.83. The highest BCUT2D eigenvalue weighted by Gasteiger charge is 2.23. The first-order valence-corrected chi connectivity index (χ1v) is 5.83. The van der Waals surface area contributed by atoms with Crippen molar-refractivity contribution < 1.29 is 9.53 Å². The van der Waals surface area contributed by atoms with E-state index in [1.54, 1.807) is 4.90 Å². The van der Waals surface area contributed by atoms with Gasteiger partial charge in [0.05, 0.1) is 19.2 Å². The Morgan fingerprint density at radius 2 is 2.44 bits per heavy atom. The lowest BCUT2D eigenvalue weighted by Crippen LogP contribution is -2.46. The van der Waals surface area contributed by atoms with E-state index < -0.39 is 6.10 Å². The van der Waals surface area contributed by atoms with Crippen LogP contribution in [0.2, 0.25) is 0 Å². The highest BCUT2D eigenvalue weighted by atomic mass is 16.5. The molecule has 0 radical (unpaired) electrons. The van der Waals surface area contributed by atoms with E-state index in [-0.39, 0.29) is 6.03 Å². The van der Waals surface area contributed by atoms with E-state index in [1.165, 1.54) is 0 Å². The van der Waals surface area contributed by atoms with Gasteiger partial charge in [-0.2, -0.15) is 5.26 Å². The highest BCUT2D eigenvalue weighted by Crippen LogP contribution is 2.12. The second kappa shape index (κ2) is 5.52. The van der Waals surface area contributed by atoms with Crippen molar-refractivity contribution in [1.29, 1.82) is 5.26 Å². The Morgan fingerprint density at radius 1 is 1.61 bits per heavy atom. The van der Waals surface area contributed by atoms with Gasteiger partial charge in [0.15, 0.2) is 6.10 Å². The van der Waals surface area contributed by atoms with Crippen molar-refractivity contribution in [1.82, 2.24) is 4.90 Å². The van der Waals surface area contributed by atoms with Crippen LogP contribution in [0.25, 0.3) is 0 Å². The minimum Gasteiger partial charge on any atom is -0.360 e. The van der Waals surface area contributed by atoms with E-state index in [0.29, 0.717) is 19.7 Å². The standard InChI is InChI=1S/C13H15N3O2/c1-10-3-2-4-11(7-10)15-13(17)16-5-6-18-12(8-14)9-16/h2-4,7,12H,5-6,9H2,1H3,(H,15,17). The Labute approximate surface area is 106 Å². The average Bonchev–Trinajstić information content (AvgIpc) is 2.39. The van der Waals surface area contributed by atoms with Gasteiger partial charge in [0.25, 0.3) is 0 Å². The molecule has 18 heavy (non-hydrogen) atoms. The number of hydrogen-bond acceptors (Lipinski definition) is 3. The number of morpholine rings is 1. The third kappa shape index (κ3) is 2.99. The average molecular weight is 245 g/mol. The topological polar surface area (TPSA) is 65.4 Å². The van der Waals surface area contributed by atoms with Crippen LogP contribution in [0, 0.1) is 18.3 Å². The molecule has 0 aliphatic carbocycles. The molecule has 1 aromatic carbocycles. The zero-order chi connectivity index (χ0) is 13.0. The minimum absolute atomic E-state index is 0.191. The fourth-order valence-corrected chi connectivity index (χ4v) is 1.84. The van der Waals surface area contributed by atoms with Crippen molar-refractivity contribution in [3.63, 3.8) is 0 Å². The van der Waals surface area contributed by atoms with Crippen LogP contribution in [0.5, 0.6) is 0 Å². The number of nitriles is 1. The third-order valence-corrected chi connectivity index (χ3v) is 2.77. The lowest BCUT2D eigenvalue weighted by atomic mass is 10.2. The number of rotatable bonds is 1. The number of anilines is 1. The first-order chi connectivity index (χ1) is 8.69. The Morgan fingerprint density at radius 3 is 3.17 bits per heavy atom. The Bertz CT molecular complexity index is 481. The van der Waals surface area contributed by atoms with Gasteiger partial charge >= 0.3 is 6.03 Å². The summed E-state index contributed by atoms with van der Waals surface area (Å²) in [7, 11) is 0. The lowest BCUT2D eigenvalue weighted by Gasteiger charge is -2.29. The Balaban J connectivity index is 1.98. The highest BCUT2D eigenvalue weighted by molar-refractivity contribution is 5.89. The van der Waals surface area contributed by atoms with Gasteiger partial charge in [-0.05, 0) is 24.6 Å². The van der Waals surface area contributed by atoms with Crippen molar-refractivity contribution in [2.45, 2.75) is 13.0 Å². The van der Waals surface area contributed by atoms with Crippen LogP contribution in [0.1, 0.15) is 5.56 Å². The van der Waals surface area contributed by atoms with E-state index in [2.05, 4.69) is 5.32 Å². The maximum Gasteiger partial charge on any atom is 0.322 e. The molecule has 1 aromatic rings. The molecular formula is C13H15N3O2. The summed E-state index contributed by atoms with van der Waals surface area (Å²) in [5, 5.41) is 11.6. The SMILES string of the molecule is Cc1cccc(NC(=O)N2CCOC(C#N)C2)c1. The van der Waals surface area contributed by atoms with Crippen molar-refractivity contribution in [3.05, 3.63) is 29.8 Å². The van der Waals surface area contributed by atoms with E-state index >= 15 is 0 Å².